The minimum atomic E-state index is -4.61. The van der Waals surface area contributed by atoms with Crippen molar-refractivity contribution in [1.29, 1.82) is 0 Å². The number of rotatable bonds is 10. The van der Waals surface area contributed by atoms with Crippen molar-refractivity contribution in [1.82, 2.24) is 13.9 Å². The Bertz CT molecular complexity index is 1710. The van der Waals surface area contributed by atoms with Gasteiger partial charge in [0, 0.05) is 47.9 Å². The van der Waals surface area contributed by atoms with Gasteiger partial charge in [0.2, 0.25) is 5.16 Å². The number of carbonyl (C=O) groups is 1. The summed E-state index contributed by atoms with van der Waals surface area (Å²) in [5.41, 5.74) is -0.0862. The Morgan fingerprint density at radius 1 is 1.12 bits per heavy atom. The van der Waals surface area contributed by atoms with Crippen LogP contribution in [0.4, 0.5) is 8.78 Å². The molecular weight excluding hydrogens is 583 g/mol. The molecule has 0 saturated heterocycles. The van der Waals surface area contributed by atoms with Crippen molar-refractivity contribution in [3.63, 3.8) is 0 Å². The number of halogens is 2. The first kappa shape index (κ1) is 31.4. The number of alkyl halides is 2. The Hall–Kier alpha value is -3.11. The van der Waals surface area contributed by atoms with Crippen LogP contribution in [0.5, 0.6) is 17.2 Å². The third-order valence-corrected chi connectivity index (χ3v) is 8.75. The molecule has 0 fully saturated rings. The smallest absolute Gasteiger partial charge is 0.387 e. The molecule has 0 spiro atoms. The van der Waals surface area contributed by atoms with Gasteiger partial charge in [0.25, 0.3) is 10.0 Å². The molecule has 1 unspecified atom stereocenters. The second-order valence-corrected chi connectivity index (χ2v) is 11.1. The predicted octanol–water partition coefficient (Wildman–Crippen LogP) is 3.22. The molecule has 2 aromatic heterocycles. The van der Waals surface area contributed by atoms with Crippen LogP contribution in [0.3, 0.4) is 0 Å². The molecule has 0 amide bonds. The fourth-order valence-corrected chi connectivity index (χ4v) is 7.04. The fourth-order valence-electron chi connectivity index (χ4n) is 3.82. The quantitative estimate of drug-likeness (QED) is 0.268. The van der Waals surface area contributed by atoms with E-state index in [1.54, 1.807) is 0 Å². The number of aryl methyl sites for hydroxylation is 1. The van der Waals surface area contributed by atoms with Crippen LogP contribution < -0.4 is 14.2 Å². The van der Waals surface area contributed by atoms with E-state index in [-0.39, 0.29) is 79.6 Å². The maximum Gasteiger partial charge on any atom is 0.387 e. The second kappa shape index (κ2) is 12.6. The molecule has 1 N–H and O–H groups in total. The number of aromatic carboxylic acids is 1. The van der Waals surface area contributed by atoms with Crippen LogP contribution in [-0.4, -0.2) is 88.0 Å². The van der Waals surface area contributed by atoms with Crippen molar-refractivity contribution in [3.05, 3.63) is 65.5 Å². The number of ether oxygens (including phenoxy) is 3. The summed E-state index contributed by atoms with van der Waals surface area (Å²) in [5, 5.41) is 8.95. The van der Waals surface area contributed by atoms with Crippen LogP contribution in [0, 0.1) is 6.92 Å². The minimum absolute atomic E-state index is 0. The van der Waals surface area contributed by atoms with Gasteiger partial charge in [-0.05, 0) is 36.8 Å². The molecule has 207 valence electrons. The predicted molar refractivity (Wildman–Crippen MR) is 140 cm³/mol. The summed E-state index contributed by atoms with van der Waals surface area (Å²) < 4.78 is 82.8. The average Bonchev–Trinajstić information content (AvgIpc) is 3.28. The molecule has 11 nitrogen and oxygen atoms in total. The van der Waals surface area contributed by atoms with Gasteiger partial charge in [0.1, 0.15) is 5.75 Å². The molecule has 1 atom stereocenters. The number of fused-ring (bicyclic) bond motifs is 1. The molecule has 4 rings (SSSR count). The molecule has 0 bridgehead atoms. The zero-order chi connectivity index (χ0) is 28.5. The summed E-state index contributed by atoms with van der Waals surface area (Å²) >= 11 is 0. The van der Waals surface area contributed by atoms with Crippen LogP contribution in [0.1, 0.15) is 21.6 Å². The number of methoxy groups -OCH3 is 2. The maximum absolute atomic E-state index is 14.0. The van der Waals surface area contributed by atoms with E-state index in [2.05, 4.69) is 14.7 Å². The first-order chi connectivity index (χ1) is 18.5. The monoisotopic (exact) mass is 604 g/mol. The number of hydrogen-bond donors (Lipinski definition) is 1. The zero-order valence-corrected chi connectivity index (χ0v) is 25.3. The Morgan fingerprint density at radius 3 is 2.48 bits per heavy atom. The molecule has 0 aliphatic carbocycles. The van der Waals surface area contributed by atoms with Crippen molar-refractivity contribution in [2.24, 2.45) is 0 Å². The Morgan fingerprint density at radius 2 is 1.85 bits per heavy atom. The summed E-state index contributed by atoms with van der Waals surface area (Å²) in [7, 11) is -4.04. The summed E-state index contributed by atoms with van der Waals surface area (Å²) in [6.07, 6.45) is 1.39. The number of aromatic nitrogens is 3. The largest absolute Gasteiger partial charge is 0.493 e. The number of carboxylic acids is 1. The van der Waals surface area contributed by atoms with E-state index in [9.17, 15) is 31.3 Å². The average molecular weight is 605 g/mol. The normalized spacial score (nSPS) is 12.2. The number of imidazole rings is 1. The molecule has 16 heteroatoms. The first-order valence-corrected chi connectivity index (χ1v) is 13.7. The fraction of sp³-hybridized carbons (Fsp3) is 0.208. The van der Waals surface area contributed by atoms with Gasteiger partial charge in [-0.2, -0.15) is 8.78 Å². The Balaban J connectivity index is 0.00000441. The number of carboxylic acid groups (broad SMARTS) is 1. The van der Waals surface area contributed by atoms with Gasteiger partial charge in [-0.1, -0.05) is 6.07 Å². The van der Waals surface area contributed by atoms with E-state index < -0.39 is 38.6 Å². The molecule has 0 saturated carbocycles. The van der Waals surface area contributed by atoms with Crippen molar-refractivity contribution in [2.75, 3.05) is 14.2 Å². The van der Waals surface area contributed by atoms with Crippen LogP contribution >= 0.6 is 0 Å². The Kier molecular flexibility index (Phi) is 9.89. The molecule has 1 radical (unpaired) electrons. The summed E-state index contributed by atoms with van der Waals surface area (Å²) in [5.74, 6) is -1.52. The molecule has 4 aromatic rings. The van der Waals surface area contributed by atoms with Crippen LogP contribution in [0.15, 0.2) is 58.7 Å². The van der Waals surface area contributed by atoms with E-state index in [4.69, 9.17) is 9.47 Å². The first-order valence-electron chi connectivity index (χ1n) is 11.0. The summed E-state index contributed by atoms with van der Waals surface area (Å²) in [4.78, 5) is 19.5. The zero-order valence-electron chi connectivity index (χ0n) is 21.6. The van der Waals surface area contributed by atoms with E-state index in [0.29, 0.717) is 9.72 Å². The number of benzene rings is 2. The van der Waals surface area contributed by atoms with Crippen molar-refractivity contribution in [3.8, 4) is 17.2 Å². The van der Waals surface area contributed by atoms with Gasteiger partial charge >= 0.3 is 12.6 Å². The van der Waals surface area contributed by atoms with Gasteiger partial charge < -0.3 is 19.3 Å². The second-order valence-electron chi connectivity index (χ2n) is 7.96. The van der Waals surface area contributed by atoms with E-state index >= 15 is 0 Å². The minimum Gasteiger partial charge on any atom is -0.493 e. The van der Waals surface area contributed by atoms with Gasteiger partial charge in [-0.25, -0.2) is 22.2 Å². The number of hydrogen-bond acceptors (Lipinski definition) is 9. The van der Waals surface area contributed by atoms with E-state index in [0.717, 1.165) is 18.2 Å². The van der Waals surface area contributed by atoms with Gasteiger partial charge in [0.15, 0.2) is 11.5 Å². The van der Waals surface area contributed by atoms with Gasteiger partial charge in [0.05, 0.1) is 58.0 Å². The molecule has 0 aliphatic heterocycles. The van der Waals surface area contributed by atoms with Crippen molar-refractivity contribution < 1.29 is 45.5 Å². The standard InChI is InChI=1S/C24H21F2N3O8S2.Na/c1-13-4-5-14(22(30)31)10-20(13)39(33,34)29-18-7-6-15(37-23(25)26)11-16(18)28-24(29)38(32)12-17-21(36-3)19(35-2)8-9-27-17;/h4-11,23H,12H2,1-3H3,(H,30,31);. The molecule has 40 heavy (non-hydrogen) atoms. The summed E-state index contributed by atoms with van der Waals surface area (Å²) in [6, 6.07) is 8.45. The SMILES string of the molecule is COc1ccnc(CS(=O)c2nc3cc(OC(F)F)ccc3n2S(=O)(=O)c2cc(C(=O)O)ccc2C)c1OC.[Na]. The topological polar surface area (TPSA) is 147 Å². The van der Waals surface area contributed by atoms with Crippen molar-refractivity contribution in [2.45, 2.75) is 29.3 Å². The van der Waals surface area contributed by atoms with E-state index in [1.165, 1.54) is 51.6 Å². The van der Waals surface area contributed by atoms with Crippen LogP contribution in [0.2, 0.25) is 0 Å². The maximum atomic E-state index is 14.0. The van der Waals surface area contributed by atoms with Gasteiger partial charge in [-0.15, -0.1) is 0 Å². The Labute approximate surface area is 251 Å². The van der Waals surface area contributed by atoms with Crippen molar-refractivity contribution >= 4 is 67.4 Å². The molecular formula is C24H21F2N3NaO8S2. The molecule has 0 aliphatic rings. The summed E-state index contributed by atoms with van der Waals surface area (Å²) in [6.45, 7) is -1.68. The van der Waals surface area contributed by atoms with Gasteiger partial charge in [-0.3, -0.25) is 9.19 Å². The molecule has 2 heterocycles. The number of nitrogens with zero attached hydrogens (tertiary/aromatic N) is 3. The van der Waals surface area contributed by atoms with Crippen LogP contribution in [0.25, 0.3) is 11.0 Å². The third kappa shape index (κ3) is 6.12. The number of pyridine rings is 1. The third-order valence-electron chi connectivity index (χ3n) is 5.57. The van der Waals surface area contributed by atoms with Crippen LogP contribution in [-0.2, 0) is 26.6 Å². The molecule has 2 aromatic carbocycles. The van der Waals surface area contributed by atoms with E-state index in [1.807, 2.05) is 0 Å².